The van der Waals surface area contributed by atoms with Crippen LogP contribution in [0.5, 0.6) is 5.75 Å². The highest BCUT2D eigenvalue weighted by Gasteiger charge is 2.33. The Morgan fingerprint density at radius 1 is 1.27 bits per heavy atom. The summed E-state index contributed by atoms with van der Waals surface area (Å²) in [5.41, 5.74) is 1.46. The van der Waals surface area contributed by atoms with Gasteiger partial charge in [0.05, 0.1) is 22.2 Å². The number of rotatable bonds is 7. The third-order valence-corrected chi connectivity index (χ3v) is 5.28. The molecule has 3 rings (SSSR count). The number of para-hydroxylation sites is 1. The van der Waals surface area contributed by atoms with Crippen LogP contribution in [0.25, 0.3) is 6.08 Å². The summed E-state index contributed by atoms with van der Waals surface area (Å²) in [5.74, 6) is -0.251. The van der Waals surface area contributed by atoms with Gasteiger partial charge in [-0.2, -0.15) is 0 Å². The van der Waals surface area contributed by atoms with Crippen molar-refractivity contribution in [2.75, 3.05) is 13.2 Å². The van der Waals surface area contributed by atoms with E-state index in [1.165, 1.54) is 11.8 Å². The lowest BCUT2D eigenvalue weighted by Crippen LogP contribution is -2.12. The number of hydrogen-bond acceptors (Lipinski definition) is 6. The molecule has 0 fully saturated rings. The molecule has 0 radical (unpaired) electrons. The van der Waals surface area contributed by atoms with E-state index in [1.807, 2.05) is 36.4 Å². The largest absolute Gasteiger partial charge is 0.506 e. The van der Waals surface area contributed by atoms with Crippen LogP contribution in [0.3, 0.4) is 0 Å². The average molecular weight is 442 g/mol. The molecular weight excluding hydrogens is 422 g/mol. The van der Waals surface area contributed by atoms with Crippen LogP contribution in [-0.2, 0) is 9.53 Å². The van der Waals surface area contributed by atoms with E-state index in [4.69, 9.17) is 21.1 Å². The molecule has 0 saturated carbocycles. The Kier molecular flexibility index (Phi) is 7.38. The predicted molar refractivity (Wildman–Crippen MR) is 123 cm³/mol. The topological polar surface area (TPSA) is 68.1 Å². The van der Waals surface area contributed by atoms with Crippen molar-refractivity contribution >= 4 is 46.1 Å². The molecule has 5 nitrogen and oxygen atoms in total. The van der Waals surface area contributed by atoms with Crippen molar-refractivity contribution in [2.45, 2.75) is 6.92 Å². The number of ether oxygens (including phenoxy) is 2. The first kappa shape index (κ1) is 21.7. The number of carbonyl (C=O) groups is 1. The van der Waals surface area contributed by atoms with Crippen LogP contribution in [0.2, 0.25) is 5.02 Å². The molecule has 0 aliphatic carbocycles. The number of aliphatic hydroxyl groups excluding tert-OH is 1. The molecule has 1 aliphatic heterocycles. The van der Waals surface area contributed by atoms with E-state index in [0.717, 1.165) is 5.56 Å². The molecule has 7 heteroatoms. The first-order valence-electron chi connectivity index (χ1n) is 9.21. The maximum Gasteiger partial charge on any atom is 0.344 e. The fourth-order valence-electron chi connectivity index (χ4n) is 2.64. The number of halogens is 1. The SMILES string of the molecule is C=CCOc1ccc(/C=C2\SC(=Nc3ccccc3)C(C(=O)OCC)=C2O)cc1Cl. The van der Waals surface area contributed by atoms with Gasteiger partial charge in [0, 0.05) is 0 Å². The van der Waals surface area contributed by atoms with Crippen molar-refractivity contribution in [1.29, 1.82) is 0 Å². The Morgan fingerprint density at radius 2 is 2.03 bits per heavy atom. The Morgan fingerprint density at radius 3 is 2.70 bits per heavy atom. The van der Waals surface area contributed by atoms with Gasteiger partial charge in [-0.25, -0.2) is 9.79 Å². The zero-order valence-corrected chi connectivity index (χ0v) is 17.9. The average Bonchev–Trinajstić information content (AvgIpc) is 3.03. The summed E-state index contributed by atoms with van der Waals surface area (Å²) in [6.45, 7) is 5.86. The molecule has 0 saturated heterocycles. The second-order valence-corrected chi connectivity index (χ2v) is 7.53. The summed E-state index contributed by atoms with van der Waals surface area (Å²) >= 11 is 7.47. The quantitative estimate of drug-likeness (QED) is 0.415. The summed E-state index contributed by atoms with van der Waals surface area (Å²) in [6.07, 6.45) is 3.37. The number of carbonyl (C=O) groups excluding carboxylic acids is 1. The molecule has 2 aromatic carbocycles. The Bertz CT molecular complexity index is 1040. The first-order chi connectivity index (χ1) is 14.5. The van der Waals surface area contributed by atoms with Gasteiger partial charge in [0.25, 0.3) is 0 Å². The molecule has 154 valence electrons. The zero-order valence-electron chi connectivity index (χ0n) is 16.3. The van der Waals surface area contributed by atoms with E-state index in [2.05, 4.69) is 11.6 Å². The second-order valence-electron chi connectivity index (χ2n) is 6.10. The van der Waals surface area contributed by atoms with E-state index in [0.29, 0.717) is 33.0 Å². The summed E-state index contributed by atoms with van der Waals surface area (Å²) < 4.78 is 10.6. The monoisotopic (exact) mass is 441 g/mol. The standard InChI is InChI=1S/C23H20ClNO4S/c1-3-12-29-18-11-10-15(13-17(18)24)14-19-21(26)20(23(27)28-4-2)22(30-19)25-16-8-6-5-7-9-16/h3,5-11,13-14,26H,1,4,12H2,2H3/b19-14-,25-22?. The molecule has 0 spiro atoms. The minimum Gasteiger partial charge on any atom is -0.506 e. The summed E-state index contributed by atoms with van der Waals surface area (Å²) in [6, 6.07) is 14.5. The van der Waals surface area contributed by atoms with Gasteiger partial charge in [-0.05, 0) is 42.8 Å². The van der Waals surface area contributed by atoms with Gasteiger partial charge in [0.15, 0.2) is 0 Å². The molecule has 1 aliphatic rings. The van der Waals surface area contributed by atoms with Crippen molar-refractivity contribution < 1.29 is 19.4 Å². The molecule has 1 N–H and O–H groups in total. The van der Waals surface area contributed by atoms with Gasteiger partial charge in [-0.15, -0.1) is 0 Å². The van der Waals surface area contributed by atoms with E-state index < -0.39 is 5.97 Å². The van der Waals surface area contributed by atoms with E-state index in [1.54, 1.807) is 31.2 Å². The highest BCUT2D eigenvalue weighted by atomic mass is 35.5. The van der Waals surface area contributed by atoms with Gasteiger partial charge in [0.1, 0.15) is 28.7 Å². The smallest absolute Gasteiger partial charge is 0.344 e. The molecule has 0 aromatic heterocycles. The van der Waals surface area contributed by atoms with Crippen molar-refractivity contribution in [1.82, 2.24) is 0 Å². The number of aliphatic hydroxyl groups is 1. The lowest BCUT2D eigenvalue weighted by molar-refractivity contribution is -0.138. The molecule has 0 amide bonds. The number of thioether (sulfide) groups is 1. The highest BCUT2D eigenvalue weighted by Crippen LogP contribution is 2.40. The minimum atomic E-state index is -0.619. The zero-order chi connectivity index (χ0) is 21.5. The third-order valence-electron chi connectivity index (χ3n) is 3.97. The van der Waals surface area contributed by atoms with Gasteiger partial charge in [-0.3, -0.25) is 0 Å². The highest BCUT2D eigenvalue weighted by molar-refractivity contribution is 8.18. The number of esters is 1. The lowest BCUT2D eigenvalue weighted by Gasteiger charge is -2.06. The van der Waals surface area contributed by atoms with Crippen molar-refractivity contribution in [3.05, 3.63) is 88.0 Å². The number of aliphatic imine (C=N–C) groups is 1. The number of benzene rings is 2. The van der Waals surface area contributed by atoms with Crippen molar-refractivity contribution in [3.8, 4) is 5.75 Å². The first-order valence-corrected chi connectivity index (χ1v) is 10.4. The molecular formula is C23H20ClNO4S. The van der Waals surface area contributed by atoms with Crippen LogP contribution in [0.1, 0.15) is 12.5 Å². The van der Waals surface area contributed by atoms with E-state index >= 15 is 0 Å². The molecule has 0 atom stereocenters. The fraction of sp³-hybridized carbons (Fsp3) is 0.130. The Hall–Kier alpha value is -2.96. The summed E-state index contributed by atoms with van der Waals surface area (Å²) in [4.78, 5) is 17.4. The third kappa shape index (κ3) is 5.14. The fourth-order valence-corrected chi connectivity index (χ4v) is 3.91. The summed E-state index contributed by atoms with van der Waals surface area (Å²) in [7, 11) is 0. The molecule has 1 heterocycles. The molecule has 0 bridgehead atoms. The van der Waals surface area contributed by atoms with E-state index in [-0.39, 0.29) is 17.9 Å². The van der Waals surface area contributed by atoms with Crippen LogP contribution in [0.4, 0.5) is 5.69 Å². The molecule has 0 unspecified atom stereocenters. The lowest BCUT2D eigenvalue weighted by atomic mass is 10.1. The van der Waals surface area contributed by atoms with Crippen LogP contribution in [0, 0.1) is 0 Å². The minimum absolute atomic E-state index is 0.0500. The van der Waals surface area contributed by atoms with Crippen LogP contribution in [0.15, 0.2) is 82.4 Å². The Balaban J connectivity index is 1.97. The van der Waals surface area contributed by atoms with Crippen LogP contribution >= 0.6 is 23.4 Å². The van der Waals surface area contributed by atoms with Crippen LogP contribution in [-0.4, -0.2) is 29.3 Å². The van der Waals surface area contributed by atoms with Crippen LogP contribution < -0.4 is 4.74 Å². The Labute approximate surface area is 184 Å². The van der Waals surface area contributed by atoms with Gasteiger partial charge < -0.3 is 14.6 Å². The maximum absolute atomic E-state index is 12.4. The predicted octanol–water partition coefficient (Wildman–Crippen LogP) is 6.10. The number of nitrogens with zero attached hydrogens (tertiary/aromatic N) is 1. The van der Waals surface area contributed by atoms with Gasteiger partial charge in [-0.1, -0.05) is 60.3 Å². The molecule has 2 aromatic rings. The number of hydrogen-bond donors (Lipinski definition) is 1. The summed E-state index contributed by atoms with van der Waals surface area (Å²) in [5, 5.41) is 11.5. The molecule has 30 heavy (non-hydrogen) atoms. The maximum atomic E-state index is 12.4. The van der Waals surface area contributed by atoms with Gasteiger partial charge in [0.2, 0.25) is 0 Å². The second kappa shape index (κ2) is 10.2. The van der Waals surface area contributed by atoms with Gasteiger partial charge >= 0.3 is 5.97 Å². The normalized spacial score (nSPS) is 16.2. The van der Waals surface area contributed by atoms with Crippen molar-refractivity contribution in [2.24, 2.45) is 4.99 Å². The van der Waals surface area contributed by atoms with Crippen molar-refractivity contribution in [3.63, 3.8) is 0 Å². The van der Waals surface area contributed by atoms with E-state index in [9.17, 15) is 9.90 Å².